The minimum atomic E-state index is -0.387. The highest BCUT2D eigenvalue weighted by Gasteiger charge is 2.35. The molecular formula is C29H22N4O2. The molecule has 1 aliphatic heterocycles. The van der Waals surface area contributed by atoms with Gasteiger partial charge >= 0.3 is 0 Å². The van der Waals surface area contributed by atoms with Crippen molar-refractivity contribution in [1.82, 2.24) is 15.0 Å². The molecule has 170 valence electrons. The maximum atomic E-state index is 13.5. The molecule has 6 heteroatoms. The van der Waals surface area contributed by atoms with E-state index in [1.165, 1.54) is 11.9 Å². The van der Waals surface area contributed by atoms with E-state index in [-0.39, 0.29) is 17.5 Å². The second-order valence-corrected chi connectivity index (χ2v) is 8.67. The van der Waals surface area contributed by atoms with E-state index in [4.69, 9.17) is 4.98 Å². The van der Waals surface area contributed by atoms with Crippen LogP contribution in [0.2, 0.25) is 0 Å². The minimum Gasteiger partial charge on any atom is -0.321 e. The number of pyridine rings is 2. The fraction of sp³-hybridized carbons (Fsp3) is 0.103. The molecule has 6 nitrogen and oxygen atoms in total. The number of aromatic amines is 1. The predicted molar refractivity (Wildman–Crippen MR) is 138 cm³/mol. The third-order valence-corrected chi connectivity index (χ3v) is 6.47. The van der Waals surface area contributed by atoms with Crippen LogP contribution in [0.4, 0.5) is 0 Å². The van der Waals surface area contributed by atoms with Gasteiger partial charge in [-0.25, -0.2) is 5.01 Å². The molecule has 2 aromatic heterocycles. The highest BCUT2D eigenvalue weighted by Crippen LogP contribution is 2.36. The zero-order valence-corrected chi connectivity index (χ0v) is 19.1. The van der Waals surface area contributed by atoms with Gasteiger partial charge in [-0.15, -0.1) is 0 Å². The molecule has 0 radical (unpaired) electrons. The predicted octanol–water partition coefficient (Wildman–Crippen LogP) is 5.44. The van der Waals surface area contributed by atoms with Gasteiger partial charge in [-0.1, -0.05) is 72.8 Å². The quantitative estimate of drug-likeness (QED) is 0.391. The van der Waals surface area contributed by atoms with Gasteiger partial charge in [0.2, 0.25) is 5.91 Å². The summed E-state index contributed by atoms with van der Waals surface area (Å²) in [5, 5.41) is 8.10. The van der Waals surface area contributed by atoms with Crippen molar-refractivity contribution >= 4 is 33.4 Å². The number of aromatic nitrogens is 2. The molecule has 0 aliphatic carbocycles. The molecule has 0 saturated carbocycles. The number of rotatable bonds is 3. The maximum absolute atomic E-state index is 13.5. The van der Waals surface area contributed by atoms with Crippen LogP contribution < -0.4 is 5.56 Å². The second-order valence-electron chi connectivity index (χ2n) is 8.67. The molecule has 1 amide bonds. The largest absolute Gasteiger partial charge is 0.321 e. The normalized spacial score (nSPS) is 15.5. The first-order chi connectivity index (χ1) is 17.1. The van der Waals surface area contributed by atoms with Crippen molar-refractivity contribution in [2.24, 2.45) is 5.10 Å². The third-order valence-electron chi connectivity index (χ3n) is 6.47. The summed E-state index contributed by atoms with van der Waals surface area (Å²) >= 11 is 0. The molecule has 1 aliphatic rings. The number of H-pyrrole nitrogens is 1. The van der Waals surface area contributed by atoms with Crippen molar-refractivity contribution in [1.29, 1.82) is 0 Å². The summed E-state index contributed by atoms with van der Waals surface area (Å²) in [6.07, 6.45) is 0.395. The Morgan fingerprint density at radius 2 is 1.63 bits per heavy atom. The van der Waals surface area contributed by atoms with Crippen LogP contribution in [0.25, 0.3) is 32.9 Å². The molecule has 3 heterocycles. The molecular weight excluding hydrogens is 436 g/mol. The van der Waals surface area contributed by atoms with Crippen molar-refractivity contribution < 1.29 is 4.79 Å². The lowest BCUT2D eigenvalue weighted by molar-refractivity contribution is -0.130. The van der Waals surface area contributed by atoms with E-state index in [0.717, 1.165) is 38.6 Å². The van der Waals surface area contributed by atoms with Gasteiger partial charge in [-0.2, -0.15) is 5.10 Å². The van der Waals surface area contributed by atoms with Gasteiger partial charge in [0, 0.05) is 35.2 Å². The van der Waals surface area contributed by atoms with Crippen LogP contribution in [0.5, 0.6) is 0 Å². The number of benzene rings is 3. The standard InChI is InChI=1S/C29H22N4O2/c1-18(34)33-26(24-16-15-19-9-5-7-13-22(19)30-24)17-25(32-33)28-27(20-10-3-2-4-11-20)21-12-6-8-14-23(21)31-29(28)35/h2-16,26H,17H2,1H3,(H,31,35)/t26-/m1/s1. The molecule has 0 bridgehead atoms. The molecule has 0 spiro atoms. The van der Waals surface area contributed by atoms with Gasteiger partial charge in [0.05, 0.1) is 22.5 Å². The molecule has 1 atom stereocenters. The highest BCUT2D eigenvalue weighted by atomic mass is 16.2. The third kappa shape index (κ3) is 3.60. The summed E-state index contributed by atoms with van der Waals surface area (Å²) in [6, 6.07) is 29.0. The lowest BCUT2D eigenvalue weighted by atomic mass is 9.91. The Morgan fingerprint density at radius 3 is 2.46 bits per heavy atom. The van der Waals surface area contributed by atoms with E-state index in [1.807, 2.05) is 91.0 Å². The number of fused-ring (bicyclic) bond motifs is 2. The Morgan fingerprint density at radius 1 is 0.886 bits per heavy atom. The Labute approximate surface area is 201 Å². The monoisotopic (exact) mass is 458 g/mol. The first-order valence-corrected chi connectivity index (χ1v) is 11.5. The van der Waals surface area contributed by atoms with E-state index >= 15 is 0 Å². The van der Waals surface area contributed by atoms with Crippen molar-refractivity contribution in [2.45, 2.75) is 19.4 Å². The lowest BCUT2D eigenvalue weighted by Gasteiger charge is -2.19. The first-order valence-electron chi connectivity index (χ1n) is 11.5. The van der Waals surface area contributed by atoms with Gasteiger partial charge < -0.3 is 4.98 Å². The smallest absolute Gasteiger partial charge is 0.258 e. The van der Waals surface area contributed by atoms with Crippen LogP contribution in [0.1, 0.15) is 30.6 Å². The number of nitrogens with zero attached hydrogens (tertiary/aromatic N) is 3. The summed E-state index contributed by atoms with van der Waals surface area (Å²) in [5.41, 5.74) is 4.95. The topological polar surface area (TPSA) is 78.4 Å². The SMILES string of the molecule is CC(=O)N1N=C(c2c(-c3ccccc3)c3ccccc3[nH]c2=O)C[C@@H]1c1ccc2ccccc2n1. The van der Waals surface area contributed by atoms with E-state index in [2.05, 4.69) is 10.1 Å². The van der Waals surface area contributed by atoms with E-state index in [1.54, 1.807) is 0 Å². The van der Waals surface area contributed by atoms with Crippen molar-refractivity contribution in [3.63, 3.8) is 0 Å². The number of carbonyl (C=O) groups excluding carboxylic acids is 1. The van der Waals surface area contributed by atoms with Crippen LogP contribution in [-0.4, -0.2) is 26.6 Å². The van der Waals surface area contributed by atoms with Gasteiger partial charge in [0.15, 0.2) is 0 Å². The first kappa shape index (κ1) is 21.0. The average Bonchev–Trinajstić information content (AvgIpc) is 3.33. The molecule has 0 saturated heterocycles. The molecule has 35 heavy (non-hydrogen) atoms. The zero-order chi connectivity index (χ0) is 23.9. The fourth-order valence-electron chi connectivity index (χ4n) is 4.87. The maximum Gasteiger partial charge on any atom is 0.258 e. The van der Waals surface area contributed by atoms with Crippen molar-refractivity contribution in [3.05, 3.63) is 113 Å². The fourth-order valence-corrected chi connectivity index (χ4v) is 4.87. The van der Waals surface area contributed by atoms with Crippen LogP contribution in [0.3, 0.4) is 0 Å². The Balaban J connectivity index is 1.53. The summed E-state index contributed by atoms with van der Waals surface area (Å²) in [5.74, 6) is -0.196. The molecule has 3 aromatic carbocycles. The number of nitrogens with one attached hydrogen (secondary N) is 1. The van der Waals surface area contributed by atoms with Gasteiger partial charge in [-0.05, 0) is 23.8 Å². The van der Waals surface area contributed by atoms with Crippen LogP contribution in [0, 0.1) is 0 Å². The van der Waals surface area contributed by atoms with Gasteiger partial charge in [-0.3, -0.25) is 14.6 Å². The van der Waals surface area contributed by atoms with E-state index < -0.39 is 0 Å². The zero-order valence-electron chi connectivity index (χ0n) is 19.1. The van der Waals surface area contributed by atoms with Crippen LogP contribution in [0.15, 0.2) is 101 Å². The summed E-state index contributed by atoms with van der Waals surface area (Å²) in [7, 11) is 0. The van der Waals surface area contributed by atoms with Crippen LogP contribution in [-0.2, 0) is 4.79 Å². The molecule has 6 rings (SSSR count). The number of hydrogen-bond acceptors (Lipinski definition) is 4. The Hall–Kier alpha value is -4.58. The molecule has 0 unspecified atom stereocenters. The molecule has 5 aromatic rings. The minimum absolute atomic E-state index is 0.196. The molecule has 1 N–H and O–H groups in total. The van der Waals surface area contributed by atoms with E-state index in [9.17, 15) is 9.59 Å². The summed E-state index contributed by atoms with van der Waals surface area (Å²) in [4.78, 5) is 33.9. The van der Waals surface area contributed by atoms with Crippen molar-refractivity contribution in [2.75, 3.05) is 0 Å². The van der Waals surface area contributed by atoms with E-state index in [0.29, 0.717) is 17.7 Å². The Bertz CT molecular complexity index is 1690. The number of amides is 1. The summed E-state index contributed by atoms with van der Waals surface area (Å²) < 4.78 is 0. The number of carbonyl (C=O) groups is 1. The van der Waals surface area contributed by atoms with Crippen LogP contribution >= 0.6 is 0 Å². The highest BCUT2D eigenvalue weighted by molar-refractivity contribution is 6.12. The number of para-hydroxylation sites is 2. The van der Waals surface area contributed by atoms with Gasteiger partial charge in [0.25, 0.3) is 5.56 Å². The number of hydrazone groups is 1. The number of hydrogen-bond donors (Lipinski definition) is 1. The van der Waals surface area contributed by atoms with Crippen molar-refractivity contribution in [3.8, 4) is 11.1 Å². The van der Waals surface area contributed by atoms with Gasteiger partial charge in [0.1, 0.15) is 6.04 Å². The summed E-state index contributed by atoms with van der Waals surface area (Å²) in [6.45, 7) is 1.49. The Kier molecular flexibility index (Phi) is 4.99. The molecule has 0 fully saturated rings. The lowest BCUT2D eigenvalue weighted by Crippen LogP contribution is -2.25. The average molecular weight is 459 g/mol. The second kappa shape index (κ2) is 8.33.